The van der Waals surface area contributed by atoms with Crippen molar-refractivity contribution in [2.24, 2.45) is 5.92 Å². The molecule has 0 atom stereocenters. The van der Waals surface area contributed by atoms with Gasteiger partial charge in [0, 0.05) is 25.6 Å². The maximum absolute atomic E-state index is 12.2. The number of carbonyl (C=O) groups is 2. The summed E-state index contributed by atoms with van der Waals surface area (Å²) in [5.41, 5.74) is 0.529. The van der Waals surface area contributed by atoms with Crippen molar-refractivity contribution in [3.8, 4) is 0 Å². The van der Waals surface area contributed by atoms with E-state index in [1.165, 1.54) is 5.39 Å². The highest BCUT2D eigenvalue weighted by Gasteiger charge is 2.33. The predicted octanol–water partition coefficient (Wildman–Crippen LogP) is 3.37. The summed E-state index contributed by atoms with van der Waals surface area (Å²) in [6.07, 6.45) is 0.0871. The fourth-order valence-corrected chi connectivity index (χ4v) is 3.03. The van der Waals surface area contributed by atoms with Crippen LogP contribution >= 0.6 is 0 Å². The zero-order valence-corrected chi connectivity index (χ0v) is 15.6. The van der Waals surface area contributed by atoms with E-state index in [4.69, 9.17) is 4.74 Å². The second-order valence-electron chi connectivity index (χ2n) is 7.91. The first kappa shape index (κ1) is 18.2. The number of nitrogens with one attached hydrogen (secondary N) is 1. The summed E-state index contributed by atoms with van der Waals surface area (Å²) >= 11 is 0. The van der Waals surface area contributed by atoms with E-state index in [1.807, 2.05) is 45.0 Å². The molecule has 2 aromatic rings. The summed E-state index contributed by atoms with van der Waals surface area (Å²) in [4.78, 5) is 25.7. The minimum absolute atomic E-state index is 0.0102. The van der Waals surface area contributed by atoms with Crippen molar-refractivity contribution in [3.05, 3.63) is 48.0 Å². The highest BCUT2D eigenvalue weighted by molar-refractivity contribution is 5.85. The lowest BCUT2D eigenvalue weighted by Crippen LogP contribution is -2.54. The molecule has 1 aliphatic rings. The zero-order chi connectivity index (χ0) is 18.7. The Hall–Kier alpha value is -2.56. The average Bonchev–Trinajstić information content (AvgIpc) is 2.51. The van der Waals surface area contributed by atoms with E-state index in [0.29, 0.717) is 32.0 Å². The maximum Gasteiger partial charge on any atom is 0.410 e. The predicted molar refractivity (Wildman–Crippen MR) is 102 cm³/mol. The molecule has 26 heavy (non-hydrogen) atoms. The van der Waals surface area contributed by atoms with E-state index in [-0.39, 0.29) is 12.0 Å². The van der Waals surface area contributed by atoms with E-state index in [9.17, 15) is 9.59 Å². The molecule has 138 valence electrons. The highest BCUT2D eigenvalue weighted by atomic mass is 16.6. The monoisotopic (exact) mass is 354 g/mol. The van der Waals surface area contributed by atoms with Crippen molar-refractivity contribution in [2.45, 2.75) is 32.8 Å². The number of ether oxygens (including phenoxy) is 1. The van der Waals surface area contributed by atoms with Crippen molar-refractivity contribution in [1.29, 1.82) is 0 Å². The normalized spacial score (nSPS) is 14.8. The molecule has 1 N–H and O–H groups in total. The van der Waals surface area contributed by atoms with E-state index < -0.39 is 5.60 Å². The van der Waals surface area contributed by atoms with Gasteiger partial charge in [0.1, 0.15) is 5.60 Å². The van der Waals surface area contributed by atoms with Crippen molar-refractivity contribution >= 4 is 22.8 Å². The molecule has 0 spiro atoms. The Morgan fingerprint density at radius 3 is 2.50 bits per heavy atom. The first-order valence-electron chi connectivity index (χ1n) is 9.02. The van der Waals surface area contributed by atoms with E-state index in [2.05, 4.69) is 23.5 Å². The number of hydrogen-bond donors (Lipinski definition) is 1. The number of benzene rings is 2. The van der Waals surface area contributed by atoms with Crippen LogP contribution in [0.4, 0.5) is 4.79 Å². The quantitative estimate of drug-likeness (QED) is 0.916. The molecular weight excluding hydrogens is 328 g/mol. The Bertz CT molecular complexity index is 804. The lowest BCUT2D eigenvalue weighted by Gasteiger charge is -2.39. The van der Waals surface area contributed by atoms with Crippen LogP contribution in [0.1, 0.15) is 26.3 Å². The Morgan fingerprint density at radius 2 is 1.81 bits per heavy atom. The van der Waals surface area contributed by atoms with Gasteiger partial charge in [-0.2, -0.15) is 0 Å². The number of amides is 2. The molecule has 1 fully saturated rings. The van der Waals surface area contributed by atoms with E-state index >= 15 is 0 Å². The van der Waals surface area contributed by atoms with Gasteiger partial charge in [0.25, 0.3) is 0 Å². The number of rotatable bonds is 4. The van der Waals surface area contributed by atoms with Crippen LogP contribution in [0, 0.1) is 5.92 Å². The molecule has 0 aromatic heterocycles. The summed E-state index contributed by atoms with van der Waals surface area (Å²) in [5.74, 6) is 0.305. The van der Waals surface area contributed by atoms with Gasteiger partial charge < -0.3 is 15.0 Å². The molecule has 0 radical (unpaired) electrons. The van der Waals surface area contributed by atoms with Gasteiger partial charge in [0.05, 0.1) is 6.42 Å². The van der Waals surface area contributed by atoms with Crippen LogP contribution in [-0.4, -0.2) is 42.1 Å². The number of hydrogen-bond acceptors (Lipinski definition) is 3. The Kier molecular flexibility index (Phi) is 5.16. The number of fused-ring (bicyclic) bond motifs is 1. The van der Waals surface area contributed by atoms with Crippen LogP contribution in [-0.2, 0) is 16.0 Å². The molecular formula is C21H26N2O3. The summed E-state index contributed by atoms with van der Waals surface area (Å²) in [6.45, 7) is 7.42. The second-order valence-corrected chi connectivity index (χ2v) is 7.91. The fourth-order valence-electron chi connectivity index (χ4n) is 3.03. The van der Waals surface area contributed by atoms with Crippen LogP contribution in [0.2, 0.25) is 0 Å². The van der Waals surface area contributed by atoms with E-state index in [0.717, 1.165) is 10.9 Å². The first-order chi connectivity index (χ1) is 12.3. The molecule has 2 aromatic carbocycles. The molecule has 2 amide bonds. The van der Waals surface area contributed by atoms with Crippen molar-refractivity contribution in [2.75, 3.05) is 19.6 Å². The van der Waals surface area contributed by atoms with Gasteiger partial charge >= 0.3 is 6.09 Å². The third-order valence-electron chi connectivity index (χ3n) is 4.38. The van der Waals surface area contributed by atoms with Crippen LogP contribution < -0.4 is 5.32 Å². The van der Waals surface area contributed by atoms with Gasteiger partial charge in [-0.15, -0.1) is 0 Å². The van der Waals surface area contributed by atoms with Crippen molar-refractivity contribution < 1.29 is 14.3 Å². The second kappa shape index (κ2) is 7.36. The molecule has 0 bridgehead atoms. The Morgan fingerprint density at radius 1 is 1.12 bits per heavy atom. The third kappa shape index (κ3) is 4.75. The smallest absolute Gasteiger partial charge is 0.410 e. The number of likely N-dealkylation sites (tertiary alicyclic amines) is 1. The molecule has 5 heteroatoms. The van der Waals surface area contributed by atoms with Gasteiger partial charge in [-0.05, 0) is 37.1 Å². The van der Waals surface area contributed by atoms with Gasteiger partial charge in [-0.3, -0.25) is 4.79 Å². The Labute approximate surface area is 154 Å². The third-order valence-corrected chi connectivity index (χ3v) is 4.38. The standard InChI is InChI=1S/C21H26N2O3/c1-21(2,3)26-20(25)23-13-16(14-23)12-22-19(24)11-15-8-9-17-6-4-5-7-18(17)10-15/h4-10,16H,11-14H2,1-3H3,(H,22,24). The van der Waals surface area contributed by atoms with Crippen LogP contribution in [0.5, 0.6) is 0 Å². The SMILES string of the molecule is CC(C)(C)OC(=O)N1CC(CNC(=O)Cc2ccc3ccccc3c2)C1. The van der Waals surface area contributed by atoms with Gasteiger partial charge in [-0.25, -0.2) is 4.79 Å². The maximum atomic E-state index is 12.2. The zero-order valence-electron chi connectivity index (χ0n) is 15.6. The molecule has 0 unspecified atom stereocenters. The van der Waals surface area contributed by atoms with Crippen molar-refractivity contribution in [1.82, 2.24) is 10.2 Å². The number of carbonyl (C=O) groups excluding carboxylic acids is 2. The molecule has 5 nitrogen and oxygen atoms in total. The summed E-state index contributed by atoms with van der Waals surface area (Å²) < 4.78 is 5.33. The van der Waals surface area contributed by atoms with Crippen molar-refractivity contribution in [3.63, 3.8) is 0 Å². The molecule has 1 heterocycles. The summed E-state index contributed by atoms with van der Waals surface area (Å²) in [6, 6.07) is 14.2. The molecule has 3 rings (SSSR count). The first-order valence-corrected chi connectivity index (χ1v) is 9.02. The molecule has 0 aliphatic carbocycles. The highest BCUT2D eigenvalue weighted by Crippen LogP contribution is 2.19. The average molecular weight is 354 g/mol. The lowest BCUT2D eigenvalue weighted by atomic mass is 10.0. The van der Waals surface area contributed by atoms with Gasteiger partial charge in [0.15, 0.2) is 0 Å². The minimum Gasteiger partial charge on any atom is -0.444 e. The minimum atomic E-state index is -0.476. The van der Waals surface area contributed by atoms with Gasteiger partial charge in [-0.1, -0.05) is 42.5 Å². The molecule has 0 saturated carbocycles. The van der Waals surface area contributed by atoms with Crippen LogP contribution in [0.15, 0.2) is 42.5 Å². The summed E-state index contributed by atoms with van der Waals surface area (Å²) in [5, 5.41) is 5.29. The molecule has 1 saturated heterocycles. The largest absolute Gasteiger partial charge is 0.444 e. The van der Waals surface area contributed by atoms with E-state index in [1.54, 1.807) is 4.90 Å². The topological polar surface area (TPSA) is 58.6 Å². The molecule has 1 aliphatic heterocycles. The lowest BCUT2D eigenvalue weighted by molar-refractivity contribution is -0.120. The number of nitrogens with zero attached hydrogens (tertiary/aromatic N) is 1. The van der Waals surface area contributed by atoms with Crippen LogP contribution in [0.25, 0.3) is 10.8 Å². The Balaban J connectivity index is 1.41. The fraction of sp³-hybridized carbons (Fsp3) is 0.429. The summed E-state index contributed by atoms with van der Waals surface area (Å²) in [7, 11) is 0. The van der Waals surface area contributed by atoms with Crippen LogP contribution in [0.3, 0.4) is 0 Å². The van der Waals surface area contributed by atoms with Gasteiger partial charge in [0.2, 0.25) is 5.91 Å².